The second kappa shape index (κ2) is 25.1. The van der Waals surface area contributed by atoms with Gasteiger partial charge in [0, 0.05) is 83.1 Å². The van der Waals surface area contributed by atoms with Crippen LogP contribution in [0.3, 0.4) is 0 Å². The minimum atomic E-state index is -3.60. The van der Waals surface area contributed by atoms with E-state index < -0.39 is 33.8 Å². The maximum absolute atomic E-state index is 12.6. The van der Waals surface area contributed by atoms with Gasteiger partial charge in [-0.05, 0) is 72.2 Å². The van der Waals surface area contributed by atoms with E-state index in [0.29, 0.717) is 64.7 Å². The molecule has 0 saturated carbocycles. The van der Waals surface area contributed by atoms with Crippen LogP contribution in [0.2, 0.25) is 0 Å². The van der Waals surface area contributed by atoms with Crippen LogP contribution in [-0.4, -0.2) is 165 Å². The van der Waals surface area contributed by atoms with E-state index in [2.05, 4.69) is 113 Å². The Morgan fingerprint density at radius 1 is 0.571 bits per heavy atom. The molecule has 27 heteroatoms. The molecule has 8 aromatic rings. The molecule has 0 unspecified atom stereocenters. The zero-order valence-electron chi connectivity index (χ0n) is 45.8. The molecule has 4 aromatic carbocycles. The number of hydrogen-bond acceptors (Lipinski definition) is 21. The highest BCUT2D eigenvalue weighted by Gasteiger charge is 2.36. The second-order valence-electron chi connectivity index (χ2n) is 21.2. The molecule has 5 N–H and O–H groups in total. The van der Waals surface area contributed by atoms with Crippen molar-refractivity contribution in [2.24, 2.45) is 0 Å². The van der Waals surface area contributed by atoms with Crippen LogP contribution in [0.1, 0.15) is 22.3 Å². The number of H-pyrrole nitrogens is 2. The molecular formula is C57H63ClN14O11S. The molecule has 8 heterocycles. The highest BCUT2D eigenvalue weighted by Crippen LogP contribution is 2.29. The Morgan fingerprint density at radius 3 is 1.45 bits per heavy atom. The number of halogens is 1. The summed E-state index contributed by atoms with van der Waals surface area (Å²) in [7, 11) is -3.60. The van der Waals surface area contributed by atoms with E-state index in [9.17, 15) is 27.6 Å². The fourth-order valence-electron chi connectivity index (χ4n) is 11.3. The molecule has 84 heavy (non-hydrogen) atoms. The summed E-state index contributed by atoms with van der Waals surface area (Å²) in [5.41, 5.74) is 10.8. The number of oxazole rings is 2. The fourth-order valence-corrected chi connectivity index (χ4v) is 11.7. The van der Waals surface area contributed by atoms with Gasteiger partial charge in [0.25, 0.3) is 10.1 Å². The lowest BCUT2D eigenvalue weighted by atomic mass is 10.1. The SMILES string of the molecule is CS(=O)(=O)OC[C@H]1CN(c2ccc3[nH]c(=O)oc3c2)C(=O)O1.Cl.O=C1O[C@@H](CN2CCN(c3cnc(NC4Cc5ccccc5C4)nc3)CC2)CN1c1ccc2[nH]c(=O)oc2c1.c1ccc2c(c1)CC(Nc1ncc(N3CCNCC3)cn1)C2. The number of carbonyl (C=O) groups excluding carboxylic acids is 2. The highest BCUT2D eigenvalue weighted by molar-refractivity contribution is 7.86. The molecule has 4 aliphatic heterocycles. The first-order chi connectivity index (χ1) is 40.3. The van der Waals surface area contributed by atoms with Crippen LogP contribution in [0.5, 0.6) is 0 Å². The Kier molecular flexibility index (Phi) is 17.1. The highest BCUT2D eigenvalue weighted by atomic mass is 35.5. The predicted molar refractivity (Wildman–Crippen MR) is 317 cm³/mol. The van der Waals surface area contributed by atoms with Gasteiger partial charge in [-0.25, -0.2) is 39.1 Å². The van der Waals surface area contributed by atoms with E-state index in [1.54, 1.807) is 35.2 Å². The van der Waals surface area contributed by atoms with Crippen molar-refractivity contribution >= 4 is 91.6 Å². The van der Waals surface area contributed by atoms with Crippen LogP contribution in [-0.2, 0) is 49.5 Å². The number of aromatic nitrogens is 6. The average Bonchev–Trinajstić information content (AvgIpc) is 4.57. The number of fused-ring (bicyclic) bond motifs is 4. The van der Waals surface area contributed by atoms with Crippen LogP contribution >= 0.6 is 12.4 Å². The normalized spacial score (nSPS) is 19.0. The lowest BCUT2D eigenvalue weighted by Crippen LogP contribution is -2.49. The van der Waals surface area contributed by atoms with Gasteiger partial charge in [-0.2, -0.15) is 8.42 Å². The first-order valence-corrected chi connectivity index (χ1v) is 29.4. The van der Waals surface area contributed by atoms with Crippen molar-refractivity contribution in [2.45, 2.75) is 50.0 Å². The third-order valence-corrected chi connectivity index (χ3v) is 15.9. The van der Waals surface area contributed by atoms with Crippen LogP contribution in [0.4, 0.5) is 44.2 Å². The zero-order chi connectivity index (χ0) is 57.0. The maximum Gasteiger partial charge on any atom is 0.417 e. The Balaban J connectivity index is 0.000000140. The number of ether oxygens (including phenoxy) is 2. The first-order valence-electron chi connectivity index (χ1n) is 27.6. The van der Waals surface area contributed by atoms with Crippen molar-refractivity contribution < 1.29 is 40.5 Å². The fraction of sp³-hybridized carbons (Fsp3) is 0.368. The molecule has 25 nitrogen and oxygen atoms in total. The lowest BCUT2D eigenvalue weighted by molar-refractivity contribution is 0.106. The Bertz CT molecular complexity index is 3800. The molecular weight excluding hydrogens is 1120 g/mol. The van der Waals surface area contributed by atoms with Crippen LogP contribution < -0.4 is 47.1 Å². The molecule has 2 amide bonds. The summed E-state index contributed by atoms with van der Waals surface area (Å²) in [6, 6.07) is 27.9. The molecule has 0 spiro atoms. The van der Waals surface area contributed by atoms with E-state index >= 15 is 0 Å². The summed E-state index contributed by atoms with van der Waals surface area (Å²) in [6.45, 7) is 8.52. The van der Waals surface area contributed by atoms with E-state index in [1.807, 2.05) is 24.8 Å². The third-order valence-electron chi connectivity index (χ3n) is 15.4. The number of nitrogens with one attached hydrogen (secondary N) is 5. The number of piperazine rings is 2. The Hall–Kier alpha value is -8.56. The van der Waals surface area contributed by atoms with Gasteiger partial charge in [0.15, 0.2) is 11.2 Å². The number of aromatic amines is 2. The minimum absolute atomic E-state index is 0. The van der Waals surface area contributed by atoms with Gasteiger partial charge in [-0.1, -0.05) is 48.5 Å². The third kappa shape index (κ3) is 13.7. The van der Waals surface area contributed by atoms with Crippen LogP contribution in [0, 0.1) is 0 Å². The number of rotatable bonds is 13. The summed E-state index contributed by atoms with van der Waals surface area (Å²) in [4.78, 5) is 80.0. The standard InChI is InChI=1S/C28H29N7O4.C17H21N5.C12H12N2O7S.ClH/c36-27-32-24-6-5-21(13-25(24)39-27)35-17-23(38-28(35)37)16-33-7-9-34(10-8-33)22-14-29-26(30-15-22)31-20-11-18-3-1-2-4-19(18)12-20;1-2-4-14-10-15(9-13(14)3-1)21-17-19-11-16(12-20-17)22-7-5-18-6-8-22;1-22(17,18)19-6-8-5-14(12(16)20-8)7-2-3-9-10(4-7)21-11(15)13-9;/h1-6,13-15,20,23H,7-12,16-17H2,(H,32,36)(H,29,30,31);1-4,11-12,15,18H,5-10H2,(H,19,20,21);2-4,8H,5-6H2,1H3,(H,13,15);1H/t23-;;8-;/m0.1./s1. The number of benzene rings is 4. The van der Waals surface area contributed by atoms with Gasteiger partial charge in [0.05, 0.1) is 77.9 Å². The summed E-state index contributed by atoms with van der Waals surface area (Å²) in [5, 5.41) is 10.3. The maximum atomic E-state index is 12.6. The van der Waals surface area contributed by atoms with Crippen molar-refractivity contribution in [3.63, 3.8) is 0 Å². The molecule has 0 radical (unpaired) electrons. The van der Waals surface area contributed by atoms with Crippen molar-refractivity contribution in [3.8, 4) is 0 Å². The molecule has 440 valence electrons. The Morgan fingerprint density at radius 2 is 1.00 bits per heavy atom. The number of carbonyl (C=O) groups is 2. The Labute approximate surface area is 488 Å². The van der Waals surface area contributed by atoms with Crippen molar-refractivity contribution in [2.75, 3.05) is 115 Å². The molecule has 4 fully saturated rings. The first kappa shape index (κ1) is 57.3. The molecule has 4 saturated heterocycles. The summed E-state index contributed by atoms with van der Waals surface area (Å²) >= 11 is 0. The van der Waals surface area contributed by atoms with Crippen LogP contribution in [0.25, 0.3) is 22.2 Å². The number of anilines is 6. The topological polar surface area (TPSA) is 292 Å². The molecule has 2 atom stereocenters. The van der Waals surface area contributed by atoms with Gasteiger partial charge in [-0.3, -0.25) is 28.9 Å². The molecule has 6 aliphatic rings. The molecule has 0 bridgehead atoms. The average molecular weight is 1190 g/mol. The number of cyclic esters (lactones) is 2. The van der Waals surface area contributed by atoms with Gasteiger partial charge in [0.1, 0.15) is 18.8 Å². The van der Waals surface area contributed by atoms with E-state index in [-0.39, 0.29) is 37.8 Å². The predicted octanol–water partition coefficient (Wildman–Crippen LogP) is 4.95. The summed E-state index contributed by atoms with van der Waals surface area (Å²) in [6.07, 6.45) is 10.7. The smallest absolute Gasteiger partial charge is 0.417 e. The zero-order valence-corrected chi connectivity index (χ0v) is 47.5. The number of nitrogens with zero attached hydrogens (tertiary/aromatic N) is 9. The lowest BCUT2D eigenvalue weighted by Gasteiger charge is -2.36. The monoisotopic (exact) mass is 1190 g/mol. The minimum Gasteiger partial charge on any atom is -0.443 e. The van der Waals surface area contributed by atoms with Crippen molar-refractivity contribution in [1.82, 2.24) is 40.1 Å². The van der Waals surface area contributed by atoms with Crippen molar-refractivity contribution in [1.29, 1.82) is 0 Å². The van der Waals surface area contributed by atoms with Gasteiger partial charge < -0.3 is 44.1 Å². The van der Waals surface area contributed by atoms with Gasteiger partial charge in [0.2, 0.25) is 11.9 Å². The van der Waals surface area contributed by atoms with E-state index in [4.69, 9.17) is 18.3 Å². The van der Waals surface area contributed by atoms with Gasteiger partial charge >= 0.3 is 23.7 Å². The number of hydrogen-bond donors (Lipinski definition) is 5. The summed E-state index contributed by atoms with van der Waals surface area (Å²) in [5.74, 6) is 0.297. The largest absolute Gasteiger partial charge is 0.443 e. The molecule has 2 aliphatic carbocycles. The van der Waals surface area contributed by atoms with Gasteiger partial charge in [-0.15, -0.1) is 12.4 Å². The quantitative estimate of drug-likeness (QED) is 0.0955. The second-order valence-corrected chi connectivity index (χ2v) is 22.8. The van der Waals surface area contributed by atoms with Crippen LogP contribution in [0.15, 0.2) is 128 Å². The number of amides is 2. The van der Waals surface area contributed by atoms with E-state index in [1.165, 1.54) is 33.2 Å². The van der Waals surface area contributed by atoms with E-state index in [0.717, 1.165) is 102 Å². The molecule has 14 rings (SSSR count). The molecule has 4 aromatic heterocycles. The summed E-state index contributed by atoms with van der Waals surface area (Å²) < 4.78 is 47.3. The van der Waals surface area contributed by atoms with Crippen molar-refractivity contribution in [3.05, 3.63) is 153 Å².